The van der Waals surface area contributed by atoms with Crippen molar-refractivity contribution in [3.63, 3.8) is 0 Å². The van der Waals surface area contributed by atoms with Crippen LogP contribution in [0.4, 0.5) is 0 Å². The van der Waals surface area contributed by atoms with Crippen LogP contribution in [0.1, 0.15) is 37.3 Å². The van der Waals surface area contributed by atoms with Crippen LogP contribution in [0.5, 0.6) is 5.75 Å². The van der Waals surface area contributed by atoms with E-state index in [0.29, 0.717) is 45.1 Å². The highest BCUT2D eigenvalue weighted by Gasteiger charge is 2.18. The lowest BCUT2D eigenvalue weighted by molar-refractivity contribution is -0.143. The van der Waals surface area contributed by atoms with Crippen LogP contribution in [-0.4, -0.2) is 51.4 Å². The Morgan fingerprint density at radius 1 is 1.37 bits per heavy atom. The number of nitrogens with one attached hydrogen (secondary N) is 2. The second-order valence-electron chi connectivity index (χ2n) is 6.48. The molecule has 1 aliphatic rings. The number of benzene rings is 1. The van der Waals surface area contributed by atoms with Gasteiger partial charge in [0, 0.05) is 38.5 Å². The Kier molecular flexibility index (Phi) is 8.91. The molecule has 2 rings (SSSR count). The lowest BCUT2D eigenvalue weighted by Gasteiger charge is -2.18. The Hall–Kier alpha value is -2.28. The SMILES string of the molecule is CCOC(=O)CCCNC(=NC)NCc1ccc(C)cc1OC1CCOC1. The van der Waals surface area contributed by atoms with Crippen LogP contribution < -0.4 is 15.4 Å². The molecule has 0 aromatic heterocycles. The molecule has 1 aromatic carbocycles. The highest BCUT2D eigenvalue weighted by molar-refractivity contribution is 5.79. The van der Waals surface area contributed by atoms with Crippen LogP contribution in [0.15, 0.2) is 23.2 Å². The van der Waals surface area contributed by atoms with Crippen LogP contribution in [0.3, 0.4) is 0 Å². The van der Waals surface area contributed by atoms with E-state index in [9.17, 15) is 4.79 Å². The van der Waals surface area contributed by atoms with E-state index in [1.54, 1.807) is 7.05 Å². The minimum atomic E-state index is -0.167. The molecular weight excluding hydrogens is 346 g/mol. The number of guanidine groups is 1. The summed E-state index contributed by atoms with van der Waals surface area (Å²) in [6.45, 7) is 6.93. The van der Waals surface area contributed by atoms with Gasteiger partial charge in [0.05, 0.1) is 19.8 Å². The third kappa shape index (κ3) is 7.46. The van der Waals surface area contributed by atoms with E-state index in [-0.39, 0.29) is 12.1 Å². The van der Waals surface area contributed by atoms with E-state index in [1.165, 1.54) is 0 Å². The van der Waals surface area contributed by atoms with Gasteiger partial charge in [0.1, 0.15) is 11.9 Å². The Balaban J connectivity index is 1.82. The Bertz CT molecular complexity index is 628. The number of carbonyl (C=O) groups excluding carboxylic acids is 1. The van der Waals surface area contributed by atoms with Crippen LogP contribution >= 0.6 is 0 Å². The normalized spacial score (nSPS) is 16.9. The van der Waals surface area contributed by atoms with Crippen molar-refractivity contribution in [2.24, 2.45) is 4.99 Å². The van der Waals surface area contributed by atoms with Crippen molar-refractivity contribution in [3.05, 3.63) is 29.3 Å². The summed E-state index contributed by atoms with van der Waals surface area (Å²) in [7, 11) is 1.73. The molecule has 2 N–H and O–H groups in total. The minimum Gasteiger partial charge on any atom is -0.488 e. The van der Waals surface area contributed by atoms with Crippen LogP contribution in [0.2, 0.25) is 0 Å². The number of hydrogen-bond donors (Lipinski definition) is 2. The second-order valence-corrected chi connectivity index (χ2v) is 6.48. The second kappa shape index (κ2) is 11.4. The van der Waals surface area contributed by atoms with Crippen molar-refractivity contribution in [2.75, 3.05) is 33.4 Å². The zero-order chi connectivity index (χ0) is 19.5. The maximum atomic E-state index is 11.4. The molecule has 1 heterocycles. The first-order chi connectivity index (χ1) is 13.1. The molecule has 1 aliphatic heterocycles. The van der Waals surface area contributed by atoms with Crippen LogP contribution in [-0.2, 0) is 20.8 Å². The summed E-state index contributed by atoms with van der Waals surface area (Å²) in [5, 5.41) is 6.51. The molecule has 1 saturated heterocycles. The van der Waals surface area contributed by atoms with E-state index in [1.807, 2.05) is 6.92 Å². The quantitative estimate of drug-likeness (QED) is 0.297. The average molecular weight is 377 g/mol. The third-order valence-electron chi connectivity index (χ3n) is 4.23. The summed E-state index contributed by atoms with van der Waals surface area (Å²) >= 11 is 0. The highest BCUT2D eigenvalue weighted by atomic mass is 16.5. The maximum absolute atomic E-state index is 11.4. The summed E-state index contributed by atoms with van der Waals surface area (Å²) in [6, 6.07) is 6.21. The first kappa shape index (κ1) is 21.0. The molecule has 0 bridgehead atoms. The summed E-state index contributed by atoms with van der Waals surface area (Å²) in [5.41, 5.74) is 2.23. The van der Waals surface area contributed by atoms with Gasteiger partial charge in [-0.1, -0.05) is 12.1 Å². The number of nitrogens with zero attached hydrogens (tertiary/aromatic N) is 1. The van der Waals surface area contributed by atoms with Crippen molar-refractivity contribution >= 4 is 11.9 Å². The molecule has 0 amide bonds. The zero-order valence-electron chi connectivity index (χ0n) is 16.5. The van der Waals surface area contributed by atoms with Crippen LogP contribution in [0, 0.1) is 6.92 Å². The standard InChI is InChI=1S/C20H31N3O4/c1-4-26-19(24)6-5-10-22-20(21-3)23-13-16-8-7-15(2)12-18(16)27-17-9-11-25-14-17/h7-8,12,17H,4-6,9-11,13-14H2,1-3H3,(H2,21,22,23). The van der Waals surface area contributed by atoms with Gasteiger partial charge in [0.15, 0.2) is 5.96 Å². The van der Waals surface area contributed by atoms with Crippen molar-refractivity contribution in [1.29, 1.82) is 0 Å². The molecule has 1 atom stereocenters. The van der Waals surface area contributed by atoms with Gasteiger partial charge in [-0.25, -0.2) is 0 Å². The van der Waals surface area contributed by atoms with Gasteiger partial charge in [-0.15, -0.1) is 0 Å². The molecule has 0 saturated carbocycles. The highest BCUT2D eigenvalue weighted by Crippen LogP contribution is 2.23. The number of rotatable bonds is 9. The number of esters is 1. The average Bonchev–Trinajstić information content (AvgIpc) is 3.16. The molecule has 1 fully saturated rings. The first-order valence-corrected chi connectivity index (χ1v) is 9.56. The largest absolute Gasteiger partial charge is 0.488 e. The predicted octanol–water partition coefficient (Wildman–Crippen LogP) is 2.17. The van der Waals surface area contributed by atoms with Gasteiger partial charge in [-0.2, -0.15) is 0 Å². The van der Waals surface area contributed by atoms with Gasteiger partial charge in [-0.05, 0) is 31.9 Å². The minimum absolute atomic E-state index is 0.117. The molecular formula is C20H31N3O4. The van der Waals surface area contributed by atoms with E-state index in [0.717, 1.165) is 29.9 Å². The van der Waals surface area contributed by atoms with E-state index in [2.05, 4.69) is 40.7 Å². The Labute approximate surface area is 161 Å². The summed E-state index contributed by atoms with van der Waals surface area (Å²) < 4.78 is 16.4. The number of aryl methyl sites for hydroxylation is 1. The van der Waals surface area contributed by atoms with E-state index < -0.39 is 0 Å². The monoisotopic (exact) mass is 377 g/mol. The summed E-state index contributed by atoms with van der Waals surface area (Å²) in [5.74, 6) is 1.41. The number of hydrogen-bond acceptors (Lipinski definition) is 5. The number of ether oxygens (including phenoxy) is 3. The molecule has 7 nitrogen and oxygen atoms in total. The fourth-order valence-corrected chi connectivity index (χ4v) is 2.78. The van der Waals surface area contributed by atoms with Gasteiger partial charge in [0.25, 0.3) is 0 Å². The fourth-order valence-electron chi connectivity index (χ4n) is 2.78. The predicted molar refractivity (Wildman–Crippen MR) is 105 cm³/mol. The zero-order valence-corrected chi connectivity index (χ0v) is 16.5. The number of carbonyl (C=O) groups is 1. The fraction of sp³-hybridized carbons (Fsp3) is 0.600. The van der Waals surface area contributed by atoms with Crippen molar-refractivity contribution in [2.45, 2.75) is 45.8 Å². The molecule has 0 spiro atoms. The topological polar surface area (TPSA) is 81.2 Å². The van der Waals surface area contributed by atoms with E-state index in [4.69, 9.17) is 14.2 Å². The maximum Gasteiger partial charge on any atom is 0.305 e. The summed E-state index contributed by atoms with van der Waals surface area (Å²) in [4.78, 5) is 15.6. The van der Waals surface area contributed by atoms with Crippen LogP contribution in [0.25, 0.3) is 0 Å². The van der Waals surface area contributed by atoms with Gasteiger partial charge in [0.2, 0.25) is 0 Å². The van der Waals surface area contributed by atoms with Crippen molar-refractivity contribution in [3.8, 4) is 5.75 Å². The van der Waals surface area contributed by atoms with Gasteiger partial charge < -0.3 is 24.8 Å². The van der Waals surface area contributed by atoms with Gasteiger partial charge in [-0.3, -0.25) is 9.79 Å². The Morgan fingerprint density at radius 2 is 2.22 bits per heavy atom. The lowest BCUT2D eigenvalue weighted by atomic mass is 10.1. The molecule has 7 heteroatoms. The van der Waals surface area contributed by atoms with Gasteiger partial charge >= 0.3 is 5.97 Å². The first-order valence-electron chi connectivity index (χ1n) is 9.56. The molecule has 1 aromatic rings. The lowest BCUT2D eigenvalue weighted by Crippen LogP contribution is -2.37. The number of aliphatic imine (C=N–C) groups is 1. The molecule has 150 valence electrons. The third-order valence-corrected chi connectivity index (χ3v) is 4.23. The molecule has 27 heavy (non-hydrogen) atoms. The van der Waals surface area contributed by atoms with Crippen molar-refractivity contribution in [1.82, 2.24) is 10.6 Å². The van der Waals surface area contributed by atoms with Crippen molar-refractivity contribution < 1.29 is 19.0 Å². The smallest absolute Gasteiger partial charge is 0.305 e. The molecule has 0 aliphatic carbocycles. The van der Waals surface area contributed by atoms with E-state index >= 15 is 0 Å². The molecule has 1 unspecified atom stereocenters. The summed E-state index contributed by atoms with van der Waals surface area (Å²) in [6.07, 6.45) is 2.13. The Morgan fingerprint density at radius 3 is 2.93 bits per heavy atom. The molecule has 0 radical (unpaired) electrons.